The Morgan fingerprint density at radius 3 is 2.17 bits per heavy atom. The molecule has 0 saturated heterocycles. The third kappa shape index (κ3) is 3.00. The van der Waals surface area contributed by atoms with Crippen LogP contribution in [0, 0.1) is 11.3 Å². The molecule has 3 saturated carbocycles. The molecule has 0 amide bonds. The molecule has 3 aliphatic carbocycles. The van der Waals surface area contributed by atoms with E-state index in [4.69, 9.17) is 10.5 Å². The molecule has 2 bridgehead atoms. The molecule has 3 fully saturated rings. The van der Waals surface area contributed by atoms with Crippen LogP contribution in [0.2, 0.25) is 0 Å². The van der Waals surface area contributed by atoms with Crippen molar-refractivity contribution in [3.8, 4) is 0 Å². The summed E-state index contributed by atoms with van der Waals surface area (Å²) in [6, 6.07) is 0. The molecule has 0 aromatic heterocycles. The lowest BCUT2D eigenvalue weighted by molar-refractivity contribution is -0.146. The van der Waals surface area contributed by atoms with E-state index in [2.05, 4.69) is 6.92 Å². The van der Waals surface area contributed by atoms with Gasteiger partial charge in [-0.15, -0.1) is 12.4 Å². The number of hydrogen-bond donors (Lipinski definition) is 1. The average molecular weight is 276 g/mol. The Morgan fingerprint density at radius 1 is 1.22 bits per heavy atom. The molecule has 0 aliphatic heterocycles. The van der Waals surface area contributed by atoms with Gasteiger partial charge in [-0.2, -0.15) is 0 Å². The van der Waals surface area contributed by atoms with Crippen molar-refractivity contribution < 1.29 is 9.53 Å². The summed E-state index contributed by atoms with van der Waals surface area (Å²) in [4.78, 5) is 11.6. The molecular weight excluding hydrogens is 250 g/mol. The third-order valence-electron chi connectivity index (χ3n) is 5.19. The van der Waals surface area contributed by atoms with Crippen LogP contribution in [-0.2, 0) is 9.53 Å². The lowest BCUT2D eigenvalue weighted by Crippen LogP contribution is -2.53. The Balaban J connectivity index is 0.00000162. The smallest absolute Gasteiger partial charge is 0.306 e. The van der Waals surface area contributed by atoms with Crippen molar-refractivity contribution in [3.05, 3.63) is 0 Å². The summed E-state index contributed by atoms with van der Waals surface area (Å²) in [6.45, 7) is 4.57. The Kier molecular flexibility index (Phi) is 5.07. The number of nitrogens with two attached hydrogens (primary N) is 1. The van der Waals surface area contributed by atoms with Gasteiger partial charge in [0.2, 0.25) is 0 Å². The summed E-state index contributed by atoms with van der Waals surface area (Å²) in [5, 5.41) is 0. The maximum atomic E-state index is 11.6. The monoisotopic (exact) mass is 275 g/mol. The van der Waals surface area contributed by atoms with E-state index in [-0.39, 0.29) is 23.9 Å². The zero-order valence-electron chi connectivity index (χ0n) is 11.5. The van der Waals surface area contributed by atoms with E-state index in [1.807, 2.05) is 6.92 Å². The second-order valence-electron chi connectivity index (χ2n) is 6.13. The van der Waals surface area contributed by atoms with Crippen LogP contribution >= 0.6 is 12.4 Å². The van der Waals surface area contributed by atoms with Gasteiger partial charge < -0.3 is 10.5 Å². The van der Waals surface area contributed by atoms with Gasteiger partial charge in [0.1, 0.15) is 0 Å². The SMILES string of the molecule is CCOC(=O)C[C@@H](C)C12CCC(N)(CC1)CC2.Cl. The van der Waals surface area contributed by atoms with Gasteiger partial charge in [0.15, 0.2) is 0 Å². The summed E-state index contributed by atoms with van der Waals surface area (Å²) in [7, 11) is 0. The molecule has 18 heavy (non-hydrogen) atoms. The number of rotatable bonds is 4. The molecule has 0 aromatic carbocycles. The number of carbonyl (C=O) groups is 1. The van der Waals surface area contributed by atoms with Crippen molar-refractivity contribution in [2.45, 2.75) is 64.3 Å². The predicted octanol–water partition coefficient (Wildman–Crippen LogP) is 3.05. The second kappa shape index (κ2) is 5.79. The normalized spacial score (nSPS) is 35.7. The van der Waals surface area contributed by atoms with Crippen LogP contribution in [0.15, 0.2) is 0 Å². The molecule has 1 atom stereocenters. The first-order chi connectivity index (χ1) is 8.00. The fraction of sp³-hybridized carbons (Fsp3) is 0.929. The average Bonchev–Trinajstić information content (AvgIpc) is 2.30. The van der Waals surface area contributed by atoms with Crippen LogP contribution < -0.4 is 5.73 Å². The molecule has 0 spiro atoms. The minimum atomic E-state index is -0.0375. The zero-order chi connectivity index (χ0) is 12.5. The number of halogens is 1. The molecule has 3 aliphatic rings. The summed E-state index contributed by atoms with van der Waals surface area (Å²) < 4.78 is 5.06. The first-order valence-electron chi connectivity index (χ1n) is 6.94. The fourth-order valence-corrected chi connectivity index (χ4v) is 3.67. The topological polar surface area (TPSA) is 52.3 Å². The van der Waals surface area contributed by atoms with Gasteiger partial charge in [-0.05, 0) is 56.8 Å². The van der Waals surface area contributed by atoms with E-state index in [1.54, 1.807) is 0 Å². The highest BCUT2D eigenvalue weighted by molar-refractivity contribution is 5.85. The van der Waals surface area contributed by atoms with Crippen LogP contribution in [0.3, 0.4) is 0 Å². The Hall–Kier alpha value is -0.280. The van der Waals surface area contributed by atoms with Crippen LogP contribution in [0.1, 0.15) is 58.8 Å². The molecular formula is C14H26ClNO2. The number of ether oxygens (including phenoxy) is 1. The predicted molar refractivity (Wildman–Crippen MR) is 74.7 cm³/mol. The Labute approximate surface area is 116 Å². The van der Waals surface area contributed by atoms with Gasteiger partial charge in [-0.1, -0.05) is 6.92 Å². The van der Waals surface area contributed by atoms with E-state index in [9.17, 15) is 4.79 Å². The minimum absolute atomic E-state index is 0. The van der Waals surface area contributed by atoms with Crippen molar-refractivity contribution in [1.82, 2.24) is 0 Å². The van der Waals surface area contributed by atoms with Crippen molar-refractivity contribution in [3.63, 3.8) is 0 Å². The number of hydrogen-bond acceptors (Lipinski definition) is 3. The molecule has 0 radical (unpaired) electrons. The Morgan fingerprint density at radius 2 is 1.72 bits per heavy atom. The van der Waals surface area contributed by atoms with Crippen LogP contribution in [0.5, 0.6) is 0 Å². The van der Waals surface area contributed by atoms with Gasteiger partial charge in [0, 0.05) is 12.0 Å². The maximum Gasteiger partial charge on any atom is 0.306 e. The van der Waals surface area contributed by atoms with Gasteiger partial charge in [-0.3, -0.25) is 4.79 Å². The largest absolute Gasteiger partial charge is 0.466 e. The summed E-state index contributed by atoms with van der Waals surface area (Å²) in [6.07, 6.45) is 7.59. The summed E-state index contributed by atoms with van der Waals surface area (Å²) in [5.41, 5.74) is 6.80. The van der Waals surface area contributed by atoms with Crippen molar-refractivity contribution >= 4 is 18.4 Å². The highest BCUT2D eigenvalue weighted by Gasteiger charge is 2.49. The molecule has 2 N–H and O–H groups in total. The van der Waals surface area contributed by atoms with Crippen LogP contribution in [0.4, 0.5) is 0 Å². The molecule has 4 heteroatoms. The molecule has 0 aromatic rings. The van der Waals surface area contributed by atoms with E-state index >= 15 is 0 Å². The van der Waals surface area contributed by atoms with Crippen LogP contribution in [-0.4, -0.2) is 18.1 Å². The van der Waals surface area contributed by atoms with Gasteiger partial charge in [-0.25, -0.2) is 0 Å². The van der Waals surface area contributed by atoms with Crippen molar-refractivity contribution in [2.24, 2.45) is 17.1 Å². The number of esters is 1. The Bertz CT molecular complexity index is 282. The lowest BCUT2D eigenvalue weighted by Gasteiger charge is -2.54. The standard InChI is InChI=1S/C14H25NO2.ClH/c1-3-17-12(16)10-11(2)13-4-7-14(15,8-5-13)9-6-13;/h11H,3-10,15H2,1-2H3;1H/t11-,13?,14?;/m1./s1. The first-order valence-corrected chi connectivity index (χ1v) is 6.94. The summed E-state index contributed by atoms with van der Waals surface area (Å²) >= 11 is 0. The number of fused-ring (bicyclic) bond motifs is 3. The highest BCUT2D eigenvalue weighted by Crippen LogP contribution is 2.55. The molecule has 0 unspecified atom stereocenters. The van der Waals surface area contributed by atoms with E-state index in [0.29, 0.717) is 24.4 Å². The fourth-order valence-electron chi connectivity index (χ4n) is 3.67. The molecule has 3 nitrogen and oxygen atoms in total. The quantitative estimate of drug-likeness (QED) is 0.803. The minimum Gasteiger partial charge on any atom is -0.466 e. The number of carbonyl (C=O) groups excluding carboxylic acids is 1. The highest BCUT2D eigenvalue weighted by atomic mass is 35.5. The summed E-state index contributed by atoms with van der Waals surface area (Å²) in [5.74, 6) is 0.399. The molecule has 0 heterocycles. The van der Waals surface area contributed by atoms with E-state index < -0.39 is 0 Å². The van der Waals surface area contributed by atoms with E-state index in [1.165, 1.54) is 19.3 Å². The first kappa shape index (κ1) is 15.8. The molecule has 3 rings (SSSR count). The molecule has 106 valence electrons. The maximum absolute atomic E-state index is 11.6. The van der Waals surface area contributed by atoms with Crippen molar-refractivity contribution in [2.75, 3.05) is 6.61 Å². The van der Waals surface area contributed by atoms with Gasteiger partial charge in [0.25, 0.3) is 0 Å². The van der Waals surface area contributed by atoms with Gasteiger partial charge in [0.05, 0.1) is 6.61 Å². The second-order valence-corrected chi connectivity index (χ2v) is 6.13. The van der Waals surface area contributed by atoms with Crippen molar-refractivity contribution in [1.29, 1.82) is 0 Å². The van der Waals surface area contributed by atoms with Crippen LogP contribution in [0.25, 0.3) is 0 Å². The third-order valence-corrected chi connectivity index (χ3v) is 5.19. The zero-order valence-corrected chi connectivity index (χ0v) is 12.4. The van der Waals surface area contributed by atoms with E-state index in [0.717, 1.165) is 19.3 Å². The van der Waals surface area contributed by atoms with Gasteiger partial charge >= 0.3 is 5.97 Å². The lowest BCUT2D eigenvalue weighted by atomic mass is 9.53.